The van der Waals surface area contributed by atoms with Gasteiger partial charge in [-0.2, -0.15) is 0 Å². The fraction of sp³-hybridized carbons (Fsp3) is 0.0769. The molecule has 0 unspecified atom stereocenters. The zero-order chi connectivity index (χ0) is 15.7. The summed E-state index contributed by atoms with van der Waals surface area (Å²) in [5.41, 5.74) is 4.74. The van der Waals surface area contributed by atoms with Gasteiger partial charge in [0.05, 0.1) is 23.5 Å². The summed E-state index contributed by atoms with van der Waals surface area (Å²) in [6, 6.07) is 2.87. The highest BCUT2D eigenvalue weighted by molar-refractivity contribution is 6.35. The third kappa shape index (κ3) is 2.73. The summed E-state index contributed by atoms with van der Waals surface area (Å²) < 4.78 is 32.0. The minimum absolute atomic E-state index is 0.0817. The fourth-order valence-electron chi connectivity index (χ4n) is 1.71. The Labute approximate surface area is 122 Å². The molecule has 3 N–H and O–H groups in total. The number of carboxylic acids is 1. The molecular weight excluding hydrogens is 306 g/mol. The van der Waals surface area contributed by atoms with Crippen molar-refractivity contribution in [1.82, 2.24) is 4.98 Å². The number of benzene rings is 1. The van der Waals surface area contributed by atoms with Crippen LogP contribution < -0.4 is 10.5 Å². The van der Waals surface area contributed by atoms with Crippen molar-refractivity contribution < 1.29 is 23.4 Å². The van der Waals surface area contributed by atoms with Gasteiger partial charge in [0.2, 0.25) is 0 Å². The van der Waals surface area contributed by atoms with Crippen LogP contribution in [0.2, 0.25) is 5.02 Å². The summed E-state index contributed by atoms with van der Waals surface area (Å²) >= 11 is 5.72. The van der Waals surface area contributed by atoms with Crippen LogP contribution in [0.25, 0.3) is 11.3 Å². The number of pyridine rings is 1. The molecule has 21 heavy (non-hydrogen) atoms. The van der Waals surface area contributed by atoms with Crippen molar-refractivity contribution in [1.29, 1.82) is 0 Å². The second-order valence-corrected chi connectivity index (χ2v) is 4.41. The largest absolute Gasteiger partial charge is 0.494 e. The molecule has 0 atom stereocenters. The van der Waals surface area contributed by atoms with E-state index in [0.717, 1.165) is 6.07 Å². The maximum Gasteiger partial charge on any atom is 0.356 e. The highest BCUT2D eigenvalue weighted by Crippen LogP contribution is 2.32. The molecule has 1 aromatic carbocycles. The number of nitrogen functional groups attached to an aromatic ring is 1. The fourth-order valence-corrected chi connectivity index (χ4v) is 1.89. The molecule has 0 bridgehead atoms. The monoisotopic (exact) mass is 314 g/mol. The molecule has 0 spiro atoms. The average Bonchev–Trinajstić information content (AvgIpc) is 2.41. The molecule has 0 radical (unpaired) electrons. The third-order valence-electron chi connectivity index (χ3n) is 2.71. The van der Waals surface area contributed by atoms with E-state index in [2.05, 4.69) is 4.98 Å². The minimum atomic E-state index is -1.41. The molecule has 2 rings (SSSR count). The molecule has 0 aliphatic rings. The number of carboxylic acid groups (broad SMARTS) is 1. The average molecular weight is 315 g/mol. The predicted octanol–water partition coefficient (Wildman–Crippen LogP) is 2.97. The van der Waals surface area contributed by atoms with Crippen LogP contribution in [0.15, 0.2) is 18.2 Å². The van der Waals surface area contributed by atoms with Gasteiger partial charge in [0, 0.05) is 11.6 Å². The van der Waals surface area contributed by atoms with Crippen molar-refractivity contribution in [3.05, 3.63) is 40.6 Å². The van der Waals surface area contributed by atoms with Crippen molar-refractivity contribution in [2.75, 3.05) is 12.8 Å². The molecule has 0 aliphatic carbocycles. The Morgan fingerprint density at radius 1 is 1.33 bits per heavy atom. The zero-order valence-corrected chi connectivity index (χ0v) is 11.4. The van der Waals surface area contributed by atoms with E-state index >= 15 is 0 Å². The molecule has 0 saturated carbocycles. The number of hydrogen-bond donors (Lipinski definition) is 2. The van der Waals surface area contributed by atoms with E-state index in [-0.39, 0.29) is 27.7 Å². The molecular formula is C13H9ClF2N2O3. The number of rotatable bonds is 3. The molecule has 110 valence electrons. The van der Waals surface area contributed by atoms with Gasteiger partial charge in [-0.3, -0.25) is 0 Å². The van der Waals surface area contributed by atoms with E-state index in [1.165, 1.54) is 13.2 Å². The number of ether oxygens (including phenoxy) is 1. The first kappa shape index (κ1) is 15.0. The maximum atomic E-state index is 13.9. The lowest BCUT2D eigenvalue weighted by molar-refractivity contribution is 0.0691. The Bertz CT molecular complexity index is 738. The number of carbonyl (C=O) groups is 1. The van der Waals surface area contributed by atoms with Crippen LogP contribution in [-0.2, 0) is 0 Å². The van der Waals surface area contributed by atoms with Gasteiger partial charge in [-0.25, -0.2) is 18.6 Å². The maximum absolute atomic E-state index is 13.9. The number of anilines is 1. The quantitative estimate of drug-likeness (QED) is 0.909. The lowest BCUT2D eigenvalue weighted by atomic mass is 10.1. The molecule has 2 aromatic rings. The molecule has 1 aromatic heterocycles. The Morgan fingerprint density at radius 3 is 2.57 bits per heavy atom. The lowest BCUT2D eigenvalue weighted by Gasteiger charge is -2.10. The van der Waals surface area contributed by atoms with E-state index < -0.39 is 23.3 Å². The van der Waals surface area contributed by atoms with Crippen LogP contribution in [-0.4, -0.2) is 23.2 Å². The number of nitrogens with two attached hydrogens (primary N) is 1. The van der Waals surface area contributed by atoms with Gasteiger partial charge in [0.25, 0.3) is 0 Å². The normalized spacial score (nSPS) is 10.5. The van der Waals surface area contributed by atoms with Gasteiger partial charge in [0.15, 0.2) is 17.3 Å². The van der Waals surface area contributed by atoms with Crippen LogP contribution in [0.5, 0.6) is 5.75 Å². The molecule has 8 heteroatoms. The summed E-state index contributed by atoms with van der Waals surface area (Å²) in [6.07, 6.45) is 0. The van der Waals surface area contributed by atoms with Crippen LogP contribution in [0, 0.1) is 11.6 Å². The Balaban J connectivity index is 2.70. The van der Waals surface area contributed by atoms with Crippen LogP contribution in [0.1, 0.15) is 10.5 Å². The molecule has 1 heterocycles. The number of aromatic carboxylic acids is 1. The topological polar surface area (TPSA) is 85.4 Å². The highest BCUT2D eigenvalue weighted by atomic mass is 35.5. The number of aromatic nitrogens is 1. The number of halogens is 3. The van der Waals surface area contributed by atoms with Crippen molar-refractivity contribution in [2.45, 2.75) is 0 Å². The summed E-state index contributed by atoms with van der Waals surface area (Å²) in [5, 5.41) is 8.75. The second-order valence-electron chi connectivity index (χ2n) is 4.03. The van der Waals surface area contributed by atoms with Gasteiger partial charge in [-0.1, -0.05) is 11.6 Å². The first-order chi connectivity index (χ1) is 9.85. The highest BCUT2D eigenvalue weighted by Gasteiger charge is 2.19. The minimum Gasteiger partial charge on any atom is -0.494 e. The Morgan fingerprint density at radius 2 is 2.00 bits per heavy atom. The number of methoxy groups -OCH3 is 1. The van der Waals surface area contributed by atoms with E-state index in [9.17, 15) is 13.6 Å². The second kappa shape index (κ2) is 5.53. The van der Waals surface area contributed by atoms with Crippen molar-refractivity contribution in [2.24, 2.45) is 0 Å². The first-order valence-electron chi connectivity index (χ1n) is 5.57. The van der Waals surface area contributed by atoms with Crippen molar-refractivity contribution >= 4 is 23.3 Å². The molecule has 0 amide bonds. The van der Waals surface area contributed by atoms with Crippen molar-refractivity contribution in [3.8, 4) is 17.0 Å². The number of hydrogen-bond acceptors (Lipinski definition) is 4. The van der Waals surface area contributed by atoms with Gasteiger partial charge >= 0.3 is 5.97 Å². The van der Waals surface area contributed by atoms with Crippen LogP contribution in [0.3, 0.4) is 0 Å². The number of nitrogens with zero attached hydrogens (tertiary/aromatic N) is 1. The Kier molecular flexibility index (Phi) is 3.95. The van der Waals surface area contributed by atoms with Gasteiger partial charge in [-0.15, -0.1) is 0 Å². The van der Waals surface area contributed by atoms with Gasteiger partial charge in [0.1, 0.15) is 5.82 Å². The molecule has 0 fully saturated rings. The van der Waals surface area contributed by atoms with E-state index in [1.807, 2.05) is 0 Å². The van der Waals surface area contributed by atoms with E-state index in [1.54, 1.807) is 0 Å². The third-order valence-corrected chi connectivity index (χ3v) is 3.10. The predicted molar refractivity (Wildman–Crippen MR) is 72.5 cm³/mol. The molecule has 5 nitrogen and oxygen atoms in total. The van der Waals surface area contributed by atoms with Gasteiger partial charge < -0.3 is 15.6 Å². The summed E-state index contributed by atoms with van der Waals surface area (Å²) in [5.74, 6) is -3.44. The summed E-state index contributed by atoms with van der Waals surface area (Å²) in [7, 11) is 1.21. The van der Waals surface area contributed by atoms with E-state index in [0.29, 0.717) is 6.07 Å². The van der Waals surface area contributed by atoms with Crippen LogP contribution >= 0.6 is 11.6 Å². The summed E-state index contributed by atoms with van der Waals surface area (Å²) in [6.45, 7) is 0. The zero-order valence-electron chi connectivity index (χ0n) is 10.7. The summed E-state index contributed by atoms with van der Waals surface area (Å²) in [4.78, 5) is 14.8. The first-order valence-corrected chi connectivity index (χ1v) is 5.95. The molecule has 0 aliphatic heterocycles. The molecule has 0 saturated heterocycles. The van der Waals surface area contributed by atoms with E-state index in [4.69, 9.17) is 27.2 Å². The smallest absolute Gasteiger partial charge is 0.356 e. The SMILES string of the molecule is COc1cc(-c2cc(N)c(Cl)c(C(=O)O)n2)c(F)cc1F. The lowest BCUT2D eigenvalue weighted by Crippen LogP contribution is -2.06. The van der Waals surface area contributed by atoms with Crippen molar-refractivity contribution in [3.63, 3.8) is 0 Å². The van der Waals surface area contributed by atoms with Crippen LogP contribution in [0.4, 0.5) is 14.5 Å². The Hall–Kier alpha value is -2.41. The standard InChI is InChI=1S/C13H9ClF2N2O3/c1-21-10-2-5(6(15)3-7(10)16)9-4-8(17)11(14)12(18-9)13(19)20/h2-4H,1H3,(H2,17,18)(H,19,20). The van der Waals surface area contributed by atoms with Gasteiger partial charge in [-0.05, 0) is 12.1 Å².